The van der Waals surface area contributed by atoms with Crippen LogP contribution < -0.4 is 23.3 Å². The Labute approximate surface area is 101 Å². The van der Waals surface area contributed by atoms with Gasteiger partial charge in [0.1, 0.15) is 0 Å². The molecule has 1 rings (SSSR count). The predicted molar refractivity (Wildman–Crippen MR) is 61.0 cm³/mol. The lowest BCUT2D eigenvalue weighted by molar-refractivity contribution is -0.711. The SMILES string of the molecule is C1CCCCCC[NH2+]NCCCCC1.[Cl-]. The molecule has 1 saturated heterocycles. The van der Waals surface area contributed by atoms with Gasteiger partial charge in [-0.05, 0) is 19.3 Å². The van der Waals surface area contributed by atoms with Crippen LogP contribution in [0.25, 0.3) is 0 Å². The maximum Gasteiger partial charge on any atom is 0.0929 e. The first kappa shape index (κ1) is 15.2. The van der Waals surface area contributed by atoms with Crippen LogP contribution >= 0.6 is 0 Å². The van der Waals surface area contributed by atoms with Gasteiger partial charge in [-0.2, -0.15) is 5.43 Å². The van der Waals surface area contributed by atoms with Gasteiger partial charge in [0.15, 0.2) is 0 Å². The van der Waals surface area contributed by atoms with Crippen molar-refractivity contribution < 1.29 is 17.8 Å². The van der Waals surface area contributed by atoms with E-state index in [1.54, 1.807) is 0 Å². The van der Waals surface area contributed by atoms with Gasteiger partial charge in [-0.3, -0.25) is 5.43 Å². The summed E-state index contributed by atoms with van der Waals surface area (Å²) in [4.78, 5) is 0. The fourth-order valence-electron chi connectivity index (χ4n) is 2.09. The Hall–Kier alpha value is 0.210. The summed E-state index contributed by atoms with van der Waals surface area (Å²) in [5, 5.41) is 0. The second-order valence-electron chi connectivity index (χ2n) is 4.48. The molecule has 0 unspecified atom stereocenters. The predicted octanol–water partition coefficient (Wildman–Crippen LogP) is -1.03. The Kier molecular flexibility index (Phi) is 12.5. The Morgan fingerprint density at radius 1 is 0.600 bits per heavy atom. The van der Waals surface area contributed by atoms with E-state index >= 15 is 0 Å². The molecule has 0 aromatic rings. The molecule has 1 aliphatic rings. The largest absolute Gasteiger partial charge is 1.00 e. The van der Waals surface area contributed by atoms with Crippen LogP contribution in [0.1, 0.15) is 64.2 Å². The fraction of sp³-hybridized carbons (Fsp3) is 1.00. The van der Waals surface area contributed by atoms with Gasteiger partial charge in [0.2, 0.25) is 0 Å². The average Bonchev–Trinajstić information content (AvgIpc) is 2.22. The molecule has 0 bridgehead atoms. The first-order valence-electron chi connectivity index (χ1n) is 6.55. The third-order valence-electron chi connectivity index (χ3n) is 3.06. The number of rotatable bonds is 0. The first-order chi connectivity index (χ1) is 7.00. The van der Waals surface area contributed by atoms with Gasteiger partial charge in [-0.15, -0.1) is 0 Å². The molecule has 0 aromatic heterocycles. The maximum atomic E-state index is 3.41. The minimum absolute atomic E-state index is 0. The van der Waals surface area contributed by atoms with Gasteiger partial charge in [0.25, 0.3) is 0 Å². The van der Waals surface area contributed by atoms with E-state index in [0.29, 0.717) is 0 Å². The molecule has 1 fully saturated rings. The van der Waals surface area contributed by atoms with E-state index in [-0.39, 0.29) is 12.4 Å². The smallest absolute Gasteiger partial charge is 0.0929 e. The molecule has 0 radical (unpaired) electrons. The highest BCUT2D eigenvalue weighted by molar-refractivity contribution is 4.48. The normalized spacial score (nSPS) is 22.4. The lowest BCUT2D eigenvalue weighted by Gasteiger charge is -2.06. The molecule has 0 aromatic carbocycles. The summed E-state index contributed by atoms with van der Waals surface area (Å²) < 4.78 is 0. The minimum atomic E-state index is 0. The third kappa shape index (κ3) is 10.5. The molecule has 3 heteroatoms. The van der Waals surface area contributed by atoms with Crippen LogP contribution in [-0.2, 0) is 0 Å². The summed E-state index contributed by atoms with van der Waals surface area (Å²) in [5.74, 6) is 0. The summed E-state index contributed by atoms with van der Waals surface area (Å²) in [7, 11) is 0. The third-order valence-corrected chi connectivity index (χ3v) is 3.06. The summed E-state index contributed by atoms with van der Waals surface area (Å²) in [6.45, 7) is 2.46. The number of hydrogen-bond acceptors (Lipinski definition) is 1. The van der Waals surface area contributed by atoms with Crippen molar-refractivity contribution in [3.8, 4) is 0 Å². The van der Waals surface area contributed by atoms with E-state index in [0.717, 1.165) is 0 Å². The van der Waals surface area contributed by atoms with Gasteiger partial charge in [0, 0.05) is 6.54 Å². The van der Waals surface area contributed by atoms with Crippen molar-refractivity contribution in [2.75, 3.05) is 13.1 Å². The molecule has 3 N–H and O–H groups in total. The molecule has 0 atom stereocenters. The van der Waals surface area contributed by atoms with Crippen LogP contribution in [0.5, 0.6) is 0 Å². The van der Waals surface area contributed by atoms with Gasteiger partial charge in [-0.25, -0.2) is 0 Å². The van der Waals surface area contributed by atoms with Crippen molar-refractivity contribution in [3.05, 3.63) is 0 Å². The fourth-order valence-corrected chi connectivity index (χ4v) is 2.09. The van der Waals surface area contributed by atoms with E-state index in [2.05, 4.69) is 10.9 Å². The molecule has 1 aliphatic heterocycles. The number of hydrogen-bond donors (Lipinski definition) is 2. The number of halogens is 1. The second kappa shape index (κ2) is 12.3. The second-order valence-corrected chi connectivity index (χ2v) is 4.48. The first-order valence-corrected chi connectivity index (χ1v) is 6.55. The Morgan fingerprint density at radius 2 is 1.07 bits per heavy atom. The van der Waals surface area contributed by atoms with Crippen LogP contribution in [0, 0.1) is 0 Å². The van der Waals surface area contributed by atoms with E-state index in [1.165, 1.54) is 77.3 Å². The minimum Gasteiger partial charge on any atom is -1.00 e. The maximum absolute atomic E-state index is 3.41. The lowest BCUT2D eigenvalue weighted by Crippen LogP contribution is -3.00. The van der Waals surface area contributed by atoms with Gasteiger partial charge in [-0.1, -0.05) is 44.9 Å². The molecule has 2 nitrogen and oxygen atoms in total. The van der Waals surface area contributed by atoms with Gasteiger partial charge < -0.3 is 12.4 Å². The zero-order valence-electron chi connectivity index (χ0n) is 9.94. The molecule has 1 heterocycles. The molecule has 92 valence electrons. The van der Waals surface area contributed by atoms with Crippen molar-refractivity contribution in [1.82, 2.24) is 5.43 Å². The highest BCUT2D eigenvalue weighted by atomic mass is 35.5. The van der Waals surface area contributed by atoms with Crippen molar-refractivity contribution in [2.45, 2.75) is 64.2 Å². The lowest BCUT2D eigenvalue weighted by atomic mass is 10.1. The van der Waals surface area contributed by atoms with E-state index < -0.39 is 0 Å². The van der Waals surface area contributed by atoms with E-state index in [4.69, 9.17) is 0 Å². The molecule has 0 spiro atoms. The summed E-state index contributed by atoms with van der Waals surface area (Å²) in [5.41, 5.74) is 5.68. The van der Waals surface area contributed by atoms with Crippen LogP contribution in [0.4, 0.5) is 0 Å². The average molecular weight is 235 g/mol. The van der Waals surface area contributed by atoms with Crippen molar-refractivity contribution in [1.29, 1.82) is 0 Å². The summed E-state index contributed by atoms with van der Waals surface area (Å²) in [6, 6.07) is 0. The molecule has 0 aliphatic carbocycles. The molecular formula is C12H27ClN2. The highest BCUT2D eigenvalue weighted by Crippen LogP contribution is 2.10. The summed E-state index contributed by atoms with van der Waals surface area (Å²) in [6.07, 6.45) is 14.4. The highest BCUT2D eigenvalue weighted by Gasteiger charge is 1.96. The zero-order chi connectivity index (χ0) is 9.90. The van der Waals surface area contributed by atoms with Gasteiger partial charge in [0.05, 0.1) is 6.54 Å². The van der Waals surface area contributed by atoms with Gasteiger partial charge >= 0.3 is 0 Å². The van der Waals surface area contributed by atoms with Crippen LogP contribution in [0.3, 0.4) is 0 Å². The Morgan fingerprint density at radius 3 is 1.67 bits per heavy atom. The Balaban J connectivity index is 0.00000196. The number of quaternary nitrogens is 1. The van der Waals surface area contributed by atoms with E-state index in [1.807, 2.05) is 0 Å². The topological polar surface area (TPSA) is 28.6 Å². The van der Waals surface area contributed by atoms with E-state index in [9.17, 15) is 0 Å². The number of nitrogens with two attached hydrogens (primary N) is 1. The van der Waals surface area contributed by atoms with Crippen molar-refractivity contribution in [3.63, 3.8) is 0 Å². The molecule has 15 heavy (non-hydrogen) atoms. The monoisotopic (exact) mass is 234 g/mol. The quantitative estimate of drug-likeness (QED) is 0.516. The van der Waals surface area contributed by atoms with Crippen LogP contribution in [-0.4, -0.2) is 13.1 Å². The van der Waals surface area contributed by atoms with Crippen molar-refractivity contribution >= 4 is 0 Å². The van der Waals surface area contributed by atoms with Crippen LogP contribution in [0.15, 0.2) is 0 Å². The number of nitrogens with one attached hydrogen (secondary N) is 1. The molecular weight excluding hydrogens is 208 g/mol. The summed E-state index contributed by atoms with van der Waals surface area (Å²) >= 11 is 0. The Bertz CT molecular complexity index is 66.9. The van der Waals surface area contributed by atoms with Crippen LogP contribution in [0.2, 0.25) is 0 Å². The zero-order valence-corrected chi connectivity index (χ0v) is 10.7. The molecule has 0 saturated carbocycles. The van der Waals surface area contributed by atoms with Crippen molar-refractivity contribution in [2.24, 2.45) is 0 Å². The molecule has 0 amide bonds. The standard InChI is InChI=1S/C12H26N2.ClH/c1-2-4-6-8-10-12-14-13-11-9-7-5-3-1;/h13-14H,1-12H2;1H.